The molecule has 0 fully saturated rings. The molecule has 2 heterocycles. The van der Waals surface area contributed by atoms with Crippen molar-refractivity contribution in [2.24, 2.45) is 0 Å². The second kappa shape index (κ2) is 3.65. The van der Waals surface area contributed by atoms with Crippen LogP contribution in [0.3, 0.4) is 0 Å². The van der Waals surface area contributed by atoms with Crippen molar-refractivity contribution in [2.75, 3.05) is 12.5 Å². The molecule has 0 atom stereocenters. The summed E-state index contributed by atoms with van der Waals surface area (Å²) in [4.78, 5) is 1.49. The molecule has 76 valence electrons. The molecule has 2 rings (SSSR count). The van der Waals surface area contributed by atoms with Crippen molar-refractivity contribution in [1.82, 2.24) is 9.61 Å². The van der Waals surface area contributed by atoms with Crippen molar-refractivity contribution in [3.8, 4) is 0 Å². The molecule has 2 aromatic rings. The Labute approximate surface area is 87.3 Å². The van der Waals surface area contributed by atoms with E-state index in [9.17, 15) is 0 Å². The highest BCUT2D eigenvalue weighted by atomic mass is 32.2. The van der Waals surface area contributed by atoms with Crippen LogP contribution < -0.4 is 0 Å². The first-order chi connectivity index (χ1) is 6.74. The van der Waals surface area contributed by atoms with E-state index < -0.39 is 0 Å². The van der Waals surface area contributed by atoms with Gasteiger partial charge in [0.2, 0.25) is 0 Å². The second-order valence-corrected chi connectivity index (χ2v) is 5.87. The van der Waals surface area contributed by atoms with Crippen LogP contribution >= 0.6 is 10.9 Å². The summed E-state index contributed by atoms with van der Waals surface area (Å²) in [6.07, 6.45) is 9.70. The molecule has 2 aromatic heterocycles. The van der Waals surface area contributed by atoms with Gasteiger partial charge in [-0.15, -0.1) is 0 Å². The number of nitrogens with zero attached hydrogens (tertiary/aromatic N) is 2. The molecule has 0 aliphatic carbocycles. The Bertz CT molecular complexity index is 445. The SMILES string of the molecule is CCc1c([SH](C)C)cn2ncccc12. The second-order valence-electron chi connectivity index (χ2n) is 3.59. The predicted molar refractivity (Wildman–Crippen MR) is 63.7 cm³/mol. The van der Waals surface area contributed by atoms with Gasteiger partial charge in [0.15, 0.2) is 0 Å². The highest BCUT2D eigenvalue weighted by Crippen LogP contribution is 2.34. The lowest BCUT2D eigenvalue weighted by Gasteiger charge is -2.08. The molecule has 0 spiro atoms. The van der Waals surface area contributed by atoms with Crippen molar-refractivity contribution in [3.05, 3.63) is 30.1 Å². The maximum absolute atomic E-state index is 4.32. The van der Waals surface area contributed by atoms with E-state index in [1.54, 1.807) is 0 Å². The smallest absolute Gasteiger partial charge is 0.0689 e. The fraction of sp³-hybridized carbons (Fsp3) is 0.364. The van der Waals surface area contributed by atoms with Crippen LogP contribution in [0.5, 0.6) is 0 Å². The van der Waals surface area contributed by atoms with Crippen LogP contribution in [-0.4, -0.2) is 22.1 Å². The Morgan fingerprint density at radius 3 is 2.86 bits per heavy atom. The normalized spacial score (nSPS) is 12.1. The fourth-order valence-corrected chi connectivity index (χ4v) is 2.95. The predicted octanol–water partition coefficient (Wildman–Crippen LogP) is 2.52. The third-order valence-corrected chi connectivity index (χ3v) is 3.83. The molecule has 0 radical (unpaired) electrons. The van der Waals surface area contributed by atoms with Crippen LogP contribution in [0.15, 0.2) is 29.4 Å². The third-order valence-electron chi connectivity index (χ3n) is 2.48. The van der Waals surface area contributed by atoms with E-state index in [4.69, 9.17) is 0 Å². The summed E-state index contributed by atoms with van der Waals surface area (Å²) < 4.78 is 2.00. The van der Waals surface area contributed by atoms with Crippen LogP contribution in [0.4, 0.5) is 0 Å². The Morgan fingerprint density at radius 2 is 2.21 bits per heavy atom. The highest BCUT2D eigenvalue weighted by Gasteiger charge is 2.09. The van der Waals surface area contributed by atoms with E-state index in [0.717, 1.165) is 6.42 Å². The van der Waals surface area contributed by atoms with Crippen molar-refractivity contribution in [3.63, 3.8) is 0 Å². The summed E-state index contributed by atoms with van der Waals surface area (Å²) in [5.74, 6) is 0. The van der Waals surface area contributed by atoms with Crippen molar-refractivity contribution in [1.29, 1.82) is 0 Å². The maximum atomic E-state index is 4.32. The Morgan fingerprint density at radius 1 is 1.43 bits per heavy atom. The minimum atomic E-state index is -0.0298. The highest BCUT2D eigenvalue weighted by molar-refractivity contribution is 8.15. The van der Waals surface area contributed by atoms with E-state index in [2.05, 4.69) is 36.8 Å². The monoisotopic (exact) mass is 208 g/mol. The summed E-state index contributed by atoms with van der Waals surface area (Å²) >= 11 is 0. The summed E-state index contributed by atoms with van der Waals surface area (Å²) in [5, 5.41) is 4.32. The van der Waals surface area contributed by atoms with Gasteiger partial charge in [0.05, 0.1) is 5.52 Å². The minimum Gasteiger partial charge on any atom is -0.240 e. The quantitative estimate of drug-likeness (QED) is 0.751. The van der Waals surface area contributed by atoms with Crippen LogP contribution in [-0.2, 0) is 6.42 Å². The lowest BCUT2D eigenvalue weighted by molar-refractivity contribution is 0.932. The largest absolute Gasteiger partial charge is 0.240 e. The Balaban J connectivity index is 2.72. The van der Waals surface area contributed by atoms with Gasteiger partial charge in [0, 0.05) is 17.3 Å². The average Bonchev–Trinajstić information content (AvgIpc) is 2.56. The van der Waals surface area contributed by atoms with Gasteiger partial charge in [-0.3, -0.25) is 0 Å². The molecule has 0 aliphatic heterocycles. The standard InChI is InChI=1S/C11H16N2S/c1-4-9-10-6-5-7-12-13(10)8-11(9)14(2)3/h5-8,14H,4H2,1-3H3. The number of fused-ring (bicyclic) bond motifs is 1. The van der Waals surface area contributed by atoms with Gasteiger partial charge >= 0.3 is 0 Å². The molecule has 0 aromatic carbocycles. The number of rotatable bonds is 2. The molecular formula is C11H16N2S. The fourth-order valence-electron chi connectivity index (χ4n) is 1.80. The molecule has 0 N–H and O–H groups in total. The van der Waals surface area contributed by atoms with E-state index in [-0.39, 0.29) is 10.9 Å². The van der Waals surface area contributed by atoms with E-state index >= 15 is 0 Å². The van der Waals surface area contributed by atoms with Crippen LogP contribution in [0.25, 0.3) is 5.52 Å². The average molecular weight is 208 g/mol. The first-order valence-corrected chi connectivity index (χ1v) is 7.10. The van der Waals surface area contributed by atoms with Gasteiger partial charge in [-0.2, -0.15) is 5.10 Å². The van der Waals surface area contributed by atoms with Crippen molar-refractivity contribution < 1.29 is 0 Å². The van der Waals surface area contributed by atoms with Gasteiger partial charge in [0.25, 0.3) is 0 Å². The number of hydrogen-bond acceptors (Lipinski definition) is 1. The van der Waals surface area contributed by atoms with Gasteiger partial charge in [-0.05, 0) is 36.6 Å². The first-order valence-electron chi connectivity index (χ1n) is 4.86. The Hall–Kier alpha value is -0.960. The van der Waals surface area contributed by atoms with E-state index in [1.807, 2.05) is 16.8 Å². The minimum absolute atomic E-state index is 0.0298. The number of aromatic nitrogens is 2. The molecule has 2 nitrogen and oxygen atoms in total. The zero-order valence-corrected chi connectivity index (χ0v) is 9.75. The van der Waals surface area contributed by atoms with Crippen molar-refractivity contribution in [2.45, 2.75) is 18.2 Å². The van der Waals surface area contributed by atoms with Crippen LogP contribution in [0.2, 0.25) is 0 Å². The number of thiol groups is 1. The molecule has 0 bridgehead atoms. The maximum Gasteiger partial charge on any atom is 0.0689 e. The summed E-state index contributed by atoms with van der Waals surface area (Å²) in [5.41, 5.74) is 2.73. The number of aryl methyl sites for hydroxylation is 1. The molecule has 0 aliphatic rings. The molecule has 0 saturated heterocycles. The summed E-state index contributed by atoms with van der Waals surface area (Å²) in [6, 6.07) is 4.15. The molecule has 0 saturated carbocycles. The molecular weight excluding hydrogens is 192 g/mol. The summed E-state index contributed by atoms with van der Waals surface area (Å²) in [7, 11) is -0.0298. The lowest BCUT2D eigenvalue weighted by atomic mass is 10.2. The lowest BCUT2D eigenvalue weighted by Crippen LogP contribution is -1.87. The van der Waals surface area contributed by atoms with Crippen LogP contribution in [0.1, 0.15) is 12.5 Å². The van der Waals surface area contributed by atoms with E-state index in [0.29, 0.717) is 0 Å². The number of hydrogen-bond donors (Lipinski definition) is 1. The third kappa shape index (κ3) is 1.42. The zero-order chi connectivity index (χ0) is 10.1. The summed E-state index contributed by atoms with van der Waals surface area (Å²) in [6.45, 7) is 2.21. The van der Waals surface area contributed by atoms with E-state index in [1.165, 1.54) is 16.0 Å². The van der Waals surface area contributed by atoms with Gasteiger partial charge in [-0.25, -0.2) is 15.4 Å². The van der Waals surface area contributed by atoms with Crippen molar-refractivity contribution >= 4 is 16.4 Å². The van der Waals surface area contributed by atoms with Gasteiger partial charge in [-0.1, -0.05) is 6.92 Å². The topological polar surface area (TPSA) is 17.3 Å². The molecule has 0 amide bonds. The van der Waals surface area contributed by atoms with Gasteiger partial charge in [0.1, 0.15) is 0 Å². The first kappa shape index (κ1) is 9.59. The zero-order valence-electron chi connectivity index (χ0n) is 8.86. The molecule has 3 heteroatoms. The van der Waals surface area contributed by atoms with Crippen LogP contribution in [0, 0.1) is 0 Å². The Kier molecular flexibility index (Phi) is 2.50. The molecule has 0 unspecified atom stereocenters. The van der Waals surface area contributed by atoms with Gasteiger partial charge < -0.3 is 0 Å². The molecule has 14 heavy (non-hydrogen) atoms.